The Morgan fingerprint density at radius 1 is 1.03 bits per heavy atom. The number of fused-ring (bicyclic) bond motifs is 1. The molecule has 4 aromatic rings. The second kappa shape index (κ2) is 8.12. The van der Waals surface area contributed by atoms with Crippen molar-refractivity contribution in [3.63, 3.8) is 0 Å². The maximum atomic E-state index is 12.6. The highest BCUT2D eigenvalue weighted by molar-refractivity contribution is 6.35. The number of nitrogens with one attached hydrogen (secondary N) is 1. The number of aromatic nitrogens is 4. The van der Waals surface area contributed by atoms with Gasteiger partial charge in [-0.15, -0.1) is 0 Å². The summed E-state index contributed by atoms with van der Waals surface area (Å²) in [4.78, 5) is 19.8. The predicted octanol–water partition coefficient (Wildman–Crippen LogP) is 4.80. The SMILES string of the molecule is Cc1ccc(C)n1-c1ncc(-c2ccc3c(cnn3C)c2)c(N2CCC3(CCNC3=O)CC2)c1Cl. The number of carbonyl (C=O) groups excluding carboxylic acids is 1. The molecule has 2 fully saturated rings. The highest BCUT2D eigenvalue weighted by atomic mass is 35.5. The van der Waals surface area contributed by atoms with Gasteiger partial charge in [0.05, 0.1) is 22.8 Å². The molecule has 0 unspecified atom stereocenters. The van der Waals surface area contributed by atoms with Gasteiger partial charge in [0.15, 0.2) is 5.82 Å². The first kappa shape index (κ1) is 22.2. The Morgan fingerprint density at radius 2 is 1.77 bits per heavy atom. The van der Waals surface area contributed by atoms with Gasteiger partial charge in [0.2, 0.25) is 5.91 Å². The highest BCUT2D eigenvalue weighted by Gasteiger charge is 2.45. The molecule has 8 heteroatoms. The number of halogens is 1. The van der Waals surface area contributed by atoms with Crippen molar-refractivity contribution in [2.45, 2.75) is 33.1 Å². The van der Waals surface area contributed by atoms with Crippen LogP contribution in [0.2, 0.25) is 5.02 Å². The van der Waals surface area contributed by atoms with Crippen LogP contribution in [0, 0.1) is 19.3 Å². The van der Waals surface area contributed by atoms with E-state index in [9.17, 15) is 4.79 Å². The van der Waals surface area contributed by atoms with Crippen molar-refractivity contribution >= 4 is 34.1 Å². The van der Waals surface area contributed by atoms with Crippen LogP contribution in [-0.4, -0.2) is 44.9 Å². The third-order valence-electron chi connectivity index (χ3n) is 7.92. The van der Waals surface area contributed by atoms with Crippen LogP contribution in [0.15, 0.2) is 42.7 Å². The molecule has 6 rings (SSSR count). The Bertz CT molecular complexity index is 1440. The molecule has 2 aliphatic rings. The Kier molecular flexibility index (Phi) is 5.14. The second-order valence-electron chi connectivity index (χ2n) is 9.92. The molecule has 0 aliphatic carbocycles. The molecule has 1 N–H and O–H groups in total. The van der Waals surface area contributed by atoms with Crippen LogP contribution >= 0.6 is 11.6 Å². The number of hydrogen-bond acceptors (Lipinski definition) is 4. The number of carbonyl (C=O) groups is 1. The molecule has 180 valence electrons. The van der Waals surface area contributed by atoms with E-state index in [4.69, 9.17) is 16.6 Å². The fourth-order valence-electron chi connectivity index (χ4n) is 5.83. The zero-order valence-electron chi connectivity index (χ0n) is 20.3. The van der Waals surface area contributed by atoms with E-state index in [2.05, 4.69) is 64.1 Å². The minimum atomic E-state index is -0.235. The summed E-state index contributed by atoms with van der Waals surface area (Å²) in [6.07, 6.45) is 6.41. The molecule has 0 atom stereocenters. The van der Waals surface area contributed by atoms with Crippen LogP contribution in [0.5, 0.6) is 0 Å². The predicted molar refractivity (Wildman–Crippen MR) is 139 cm³/mol. The lowest BCUT2D eigenvalue weighted by molar-refractivity contribution is -0.128. The molecule has 5 heterocycles. The molecule has 2 saturated heterocycles. The van der Waals surface area contributed by atoms with E-state index >= 15 is 0 Å². The number of nitrogens with zero attached hydrogens (tertiary/aromatic N) is 5. The van der Waals surface area contributed by atoms with Gasteiger partial charge in [-0.05, 0) is 62.9 Å². The number of aryl methyl sites for hydroxylation is 3. The van der Waals surface area contributed by atoms with Gasteiger partial charge >= 0.3 is 0 Å². The minimum absolute atomic E-state index is 0.208. The number of hydrogen-bond donors (Lipinski definition) is 1. The van der Waals surface area contributed by atoms with Crippen LogP contribution in [0.25, 0.3) is 27.8 Å². The fourth-order valence-corrected chi connectivity index (χ4v) is 6.18. The van der Waals surface area contributed by atoms with Gasteiger partial charge in [0.1, 0.15) is 5.02 Å². The van der Waals surface area contributed by atoms with Crippen molar-refractivity contribution in [2.75, 3.05) is 24.5 Å². The molecule has 1 amide bonds. The number of amides is 1. The fraction of sp³-hybridized carbons (Fsp3) is 0.370. The van der Waals surface area contributed by atoms with Crippen LogP contribution in [-0.2, 0) is 11.8 Å². The van der Waals surface area contributed by atoms with Crippen molar-refractivity contribution in [3.05, 3.63) is 59.1 Å². The first-order valence-corrected chi connectivity index (χ1v) is 12.5. The van der Waals surface area contributed by atoms with Gasteiger partial charge in [-0.1, -0.05) is 17.7 Å². The van der Waals surface area contributed by atoms with E-state index in [0.29, 0.717) is 5.02 Å². The lowest BCUT2D eigenvalue weighted by atomic mass is 9.77. The summed E-state index contributed by atoms with van der Waals surface area (Å²) < 4.78 is 3.98. The largest absolute Gasteiger partial charge is 0.370 e. The van der Waals surface area contributed by atoms with Crippen molar-refractivity contribution in [1.82, 2.24) is 24.6 Å². The second-order valence-corrected chi connectivity index (χ2v) is 10.3. The molecule has 35 heavy (non-hydrogen) atoms. The Morgan fingerprint density at radius 3 is 2.46 bits per heavy atom. The highest BCUT2D eigenvalue weighted by Crippen LogP contribution is 2.45. The number of piperidine rings is 1. The van der Waals surface area contributed by atoms with E-state index in [1.54, 1.807) is 0 Å². The van der Waals surface area contributed by atoms with Crippen LogP contribution in [0.3, 0.4) is 0 Å². The third-order valence-corrected chi connectivity index (χ3v) is 8.27. The molecule has 0 bridgehead atoms. The minimum Gasteiger partial charge on any atom is -0.370 e. The van der Waals surface area contributed by atoms with Crippen molar-refractivity contribution in [1.29, 1.82) is 0 Å². The molecular weight excluding hydrogens is 460 g/mol. The Balaban J connectivity index is 1.48. The molecule has 3 aromatic heterocycles. The molecule has 0 radical (unpaired) electrons. The van der Waals surface area contributed by atoms with Gasteiger partial charge in [-0.25, -0.2) is 4.98 Å². The van der Waals surface area contributed by atoms with Gasteiger partial charge in [0, 0.05) is 55.2 Å². The van der Waals surface area contributed by atoms with Crippen LogP contribution < -0.4 is 10.2 Å². The molecule has 1 spiro atoms. The van der Waals surface area contributed by atoms with Crippen molar-refractivity contribution < 1.29 is 4.79 Å². The number of anilines is 1. The Labute approximate surface area is 209 Å². The number of pyridine rings is 1. The van der Waals surface area contributed by atoms with E-state index in [-0.39, 0.29) is 11.3 Å². The maximum absolute atomic E-state index is 12.6. The van der Waals surface area contributed by atoms with Crippen LogP contribution in [0.4, 0.5) is 5.69 Å². The lowest BCUT2D eigenvalue weighted by Crippen LogP contribution is -2.44. The Hall–Kier alpha value is -3.32. The summed E-state index contributed by atoms with van der Waals surface area (Å²) in [5.74, 6) is 0.950. The smallest absolute Gasteiger partial charge is 0.226 e. The molecule has 1 aromatic carbocycles. The summed E-state index contributed by atoms with van der Waals surface area (Å²) in [6.45, 7) is 6.48. The van der Waals surface area contributed by atoms with E-state index in [1.165, 1.54) is 0 Å². The van der Waals surface area contributed by atoms with Gasteiger partial charge in [0.25, 0.3) is 0 Å². The summed E-state index contributed by atoms with van der Waals surface area (Å²) in [5, 5.41) is 9.16. The van der Waals surface area contributed by atoms with Gasteiger partial charge < -0.3 is 14.8 Å². The normalized spacial score (nSPS) is 17.5. The average Bonchev–Trinajstić information content (AvgIpc) is 3.52. The van der Waals surface area contributed by atoms with E-state index < -0.39 is 0 Å². The topological polar surface area (TPSA) is 68.0 Å². The number of benzene rings is 1. The molecule has 2 aliphatic heterocycles. The zero-order valence-corrected chi connectivity index (χ0v) is 21.1. The molecule has 0 saturated carbocycles. The molecular formula is C27H29ClN6O. The summed E-state index contributed by atoms with van der Waals surface area (Å²) >= 11 is 7.21. The summed E-state index contributed by atoms with van der Waals surface area (Å²) in [7, 11) is 1.95. The zero-order chi connectivity index (χ0) is 24.3. The van der Waals surface area contributed by atoms with Crippen molar-refractivity contribution in [2.24, 2.45) is 12.5 Å². The first-order chi connectivity index (χ1) is 16.9. The standard InChI is InChI=1S/C27H29ClN6O/c1-17-4-5-18(2)34(17)25-23(28)24(33-12-9-27(10-13-33)8-11-29-26(27)35)21(16-30-25)19-6-7-22-20(14-19)15-31-32(22)3/h4-7,14-16H,8-13H2,1-3H3,(H,29,35). The van der Waals surface area contributed by atoms with Crippen LogP contribution in [0.1, 0.15) is 30.7 Å². The van der Waals surface area contributed by atoms with Gasteiger partial charge in [-0.3, -0.25) is 9.48 Å². The first-order valence-electron chi connectivity index (χ1n) is 12.2. The lowest BCUT2D eigenvalue weighted by Gasteiger charge is -2.39. The maximum Gasteiger partial charge on any atom is 0.226 e. The average molecular weight is 489 g/mol. The van der Waals surface area contributed by atoms with E-state index in [0.717, 1.165) is 83.8 Å². The monoisotopic (exact) mass is 488 g/mol. The van der Waals surface area contributed by atoms with Gasteiger partial charge in [-0.2, -0.15) is 5.10 Å². The summed E-state index contributed by atoms with van der Waals surface area (Å²) in [5.41, 5.74) is 6.07. The quantitative estimate of drug-likeness (QED) is 0.449. The number of rotatable bonds is 3. The van der Waals surface area contributed by atoms with E-state index in [1.807, 2.05) is 24.1 Å². The molecule has 7 nitrogen and oxygen atoms in total. The summed E-state index contributed by atoms with van der Waals surface area (Å²) in [6, 6.07) is 10.5. The van der Waals surface area contributed by atoms with Crippen molar-refractivity contribution in [3.8, 4) is 16.9 Å². The third kappa shape index (κ3) is 3.44.